The third-order valence-electron chi connectivity index (χ3n) is 8.46. The van der Waals surface area contributed by atoms with Crippen LogP contribution in [0.2, 0.25) is 0 Å². The van der Waals surface area contributed by atoms with Gasteiger partial charge in [-0.05, 0) is 36.8 Å². The smallest absolute Gasteiger partial charge is 0.111 e. The Hall–Kier alpha value is -1.10. The number of rotatable bonds is 1. The molecule has 24 heavy (non-hydrogen) atoms. The van der Waals surface area contributed by atoms with Crippen LogP contribution in [0.5, 0.6) is 0 Å². The summed E-state index contributed by atoms with van der Waals surface area (Å²) in [5.41, 5.74) is 2.51. The third-order valence-corrected chi connectivity index (χ3v) is 8.46. The van der Waals surface area contributed by atoms with Crippen LogP contribution in [-0.4, -0.2) is 52.6 Å². The van der Waals surface area contributed by atoms with E-state index in [0.29, 0.717) is 35.9 Å². The molecule has 10 atom stereocenters. The van der Waals surface area contributed by atoms with Gasteiger partial charge in [0.15, 0.2) is 0 Å². The fourth-order valence-electron chi connectivity index (χ4n) is 7.88. The lowest BCUT2D eigenvalue weighted by Crippen LogP contribution is -2.72. The van der Waals surface area contributed by atoms with Gasteiger partial charge in [-0.1, -0.05) is 25.1 Å². The second kappa shape index (κ2) is 4.17. The molecule has 5 fully saturated rings. The van der Waals surface area contributed by atoms with Gasteiger partial charge in [-0.3, -0.25) is 4.90 Å². The third kappa shape index (κ3) is 1.20. The van der Waals surface area contributed by atoms with Gasteiger partial charge in [-0.25, -0.2) is 0 Å². The first-order valence-corrected chi connectivity index (χ1v) is 9.57. The molecule has 1 aliphatic carbocycles. The number of piperidine rings is 4. The number of fused-ring (bicyclic) bond motifs is 2. The van der Waals surface area contributed by atoms with Crippen LogP contribution in [0.3, 0.4) is 0 Å². The molecule has 1 spiro atoms. The molecule has 2 N–H and O–H groups in total. The van der Waals surface area contributed by atoms with Crippen molar-refractivity contribution in [2.75, 3.05) is 11.9 Å². The molecule has 0 radical (unpaired) electrons. The Balaban J connectivity index is 1.60. The number of likely N-dealkylation sites (N-methyl/N-ethyl adjacent to an activating group) is 1. The van der Waals surface area contributed by atoms with Crippen molar-refractivity contribution in [3.63, 3.8) is 0 Å². The van der Waals surface area contributed by atoms with Crippen molar-refractivity contribution < 1.29 is 10.2 Å². The van der Waals surface area contributed by atoms with E-state index in [1.807, 2.05) is 0 Å². The van der Waals surface area contributed by atoms with E-state index in [1.54, 1.807) is 0 Å². The zero-order valence-corrected chi connectivity index (χ0v) is 14.3. The fraction of sp³-hybridized carbons (Fsp3) is 0.700. The van der Waals surface area contributed by atoms with Crippen LogP contribution in [0.1, 0.15) is 31.7 Å². The molecule has 7 rings (SSSR count). The second-order valence-electron chi connectivity index (χ2n) is 8.81. The molecular formula is C20H26N2O2. The van der Waals surface area contributed by atoms with Crippen molar-refractivity contribution in [2.45, 2.75) is 62.1 Å². The lowest BCUT2D eigenvalue weighted by molar-refractivity contribution is -0.211. The van der Waals surface area contributed by atoms with Crippen LogP contribution >= 0.6 is 0 Å². The van der Waals surface area contributed by atoms with Crippen LogP contribution in [0.25, 0.3) is 0 Å². The largest absolute Gasteiger partial charge is 0.392 e. The topological polar surface area (TPSA) is 46.9 Å². The monoisotopic (exact) mass is 326 g/mol. The fourth-order valence-corrected chi connectivity index (χ4v) is 7.88. The van der Waals surface area contributed by atoms with E-state index < -0.39 is 0 Å². The van der Waals surface area contributed by atoms with Gasteiger partial charge in [0.1, 0.15) is 6.23 Å². The predicted molar refractivity (Wildman–Crippen MR) is 91.7 cm³/mol. The number of hydrogen-bond donors (Lipinski definition) is 2. The summed E-state index contributed by atoms with van der Waals surface area (Å²) in [6, 6.07) is 9.70. The van der Waals surface area contributed by atoms with Gasteiger partial charge in [0.25, 0.3) is 0 Å². The van der Waals surface area contributed by atoms with Gasteiger partial charge in [0.05, 0.1) is 12.1 Å². The van der Waals surface area contributed by atoms with Crippen molar-refractivity contribution >= 4 is 5.69 Å². The van der Waals surface area contributed by atoms with Gasteiger partial charge in [-0.15, -0.1) is 0 Å². The maximum atomic E-state index is 11.6. The summed E-state index contributed by atoms with van der Waals surface area (Å²) in [4.78, 5) is 4.83. The lowest BCUT2D eigenvalue weighted by Gasteiger charge is -2.62. The van der Waals surface area contributed by atoms with Gasteiger partial charge in [0, 0.05) is 42.1 Å². The number of hydrogen-bond acceptors (Lipinski definition) is 4. The minimum atomic E-state index is -0.319. The Kier molecular flexibility index (Phi) is 2.45. The Morgan fingerprint density at radius 3 is 2.79 bits per heavy atom. The van der Waals surface area contributed by atoms with Gasteiger partial charge < -0.3 is 15.1 Å². The molecular weight excluding hydrogens is 300 g/mol. The van der Waals surface area contributed by atoms with Crippen molar-refractivity contribution in [2.24, 2.45) is 17.8 Å². The molecule has 1 saturated carbocycles. The number of aliphatic hydroxyl groups excluding tert-OH is 2. The van der Waals surface area contributed by atoms with E-state index in [9.17, 15) is 10.2 Å². The van der Waals surface area contributed by atoms with E-state index in [1.165, 1.54) is 11.3 Å². The highest BCUT2D eigenvalue weighted by atomic mass is 16.3. The van der Waals surface area contributed by atoms with Crippen molar-refractivity contribution in [3.05, 3.63) is 29.8 Å². The minimum Gasteiger partial charge on any atom is -0.392 e. The van der Waals surface area contributed by atoms with Gasteiger partial charge in [0.2, 0.25) is 0 Å². The minimum absolute atomic E-state index is 0.126. The Morgan fingerprint density at radius 2 is 2.00 bits per heavy atom. The first-order valence-electron chi connectivity index (χ1n) is 9.57. The van der Waals surface area contributed by atoms with Crippen LogP contribution in [0.4, 0.5) is 5.69 Å². The zero-order valence-electron chi connectivity index (χ0n) is 14.3. The van der Waals surface area contributed by atoms with Crippen LogP contribution in [0.15, 0.2) is 24.3 Å². The van der Waals surface area contributed by atoms with Crippen LogP contribution in [0, 0.1) is 17.8 Å². The molecule has 5 aliphatic heterocycles. The molecule has 0 aromatic heterocycles. The van der Waals surface area contributed by atoms with Crippen molar-refractivity contribution in [1.82, 2.24) is 4.90 Å². The highest BCUT2D eigenvalue weighted by Crippen LogP contribution is 2.68. The summed E-state index contributed by atoms with van der Waals surface area (Å²) in [7, 11) is 2.19. The summed E-state index contributed by atoms with van der Waals surface area (Å²) in [5, 5.41) is 22.6. The Morgan fingerprint density at radius 1 is 1.21 bits per heavy atom. The van der Waals surface area contributed by atoms with Crippen molar-refractivity contribution in [3.8, 4) is 0 Å². The molecule has 1 unspecified atom stereocenters. The maximum absolute atomic E-state index is 11.6. The quantitative estimate of drug-likeness (QED) is 0.822. The number of para-hydroxylation sites is 1. The zero-order chi connectivity index (χ0) is 16.4. The Labute approximate surface area is 143 Å². The van der Waals surface area contributed by atoms with E-state index in [-0.39, 0.29) is 17.7 Å². The number of nitrogens with zero attached hydrogens (tertiary/aromatic N) is 2. The van der Waals surface area contributed by atoms with Crippen molar-refractivity contribution in [1.29, 1.82) is 0 Å². The first-order chi connectivity index (χ1) is 11.6. The summed E-state index contributed by atoms with van der Waals surface area (Å²) < 4.78 is 0. The normalized spacial score (nSPS) is 55.8. The molecule has 128 valence electrons. The summed E-state index contributed by atoms with van der Waals surface area (Å²) >= 11 is 0. The summed E-state index contributed by atoms with van der Waals surface area (Å²) in [6.45, 7) is 2.19. The summed E-state index contributed by atoms with van der Waals surface area (Å²) in [6.07, 6.45) is 2.56. The standard InChI is InChI=1S/C20H26N2O2/c1-3-10-11-8-14-17-20(12-6-4-5-7-13(12)21(17)2)9-15(16(11)18(20)23)22(14)19(10)24/h4-7,10-11,14-19,23-24H,3,8-9H2,1-2H3/t10-,11-,14+,15-,16-,17-,18-,19+,20-/m0/s1. The molecule has 5 bridgehead atoms. The van der Waals surface area contributed by atoms with Gasteiger partial charge in [-0.2, -0.15) is 0 Å². The highest BCUT2D eigenvalue weighted by Gasteiger charge is 2.76. The van der Waals surface area contributed by atoms with E-state index in [4.69, 9.17) is 0 Å². The van der Waals surface area contributed by atoms with Crippen LogP contribution < -0.4 is 4.90 Å². The molecule has 4 nitrogen and oxygen atoms in total. The van der Waals surface area contributed by atoms with E-state index in [2.05, 4.69) is 48.0 Å². The summed E-state index contributed by atoms with van der Waals surface area (Å²) in [5.74, 6) is 1.14. The average Bonchev–Trinajstić information content (AvgIpc) is 2.97. The molecule has 1 aromatic rings. The predicted octanol–water partition coefficient (Wildman–Crippen LogP) is 1.55. The van der Waals surface area contributed by atoms with Gasteiger partial charge >= 0.3 is 0 Å². The Bertz CT molecular complexity index is 723. The average molecular weight is 326 g/mol. The molecule has 5 heterocycles. The van der Waals surface area contributed by atoms with E-state index >= 15 is 0 Å². The van der Waals surface area contributed by atoms with Crippen LogP contribution in [-0.2, 0) is 5.41 Å². The SMILES string of the molecule is CC[C@H]1[C@@H]2C[C@@H]3[C@@H]4N(C)c5ccccc5[C@@]45C[C@@H]([C@H]2[C@@H]5O)N3[C@@H]1O. The highest BCUT2D eigenvalue weighted by molar-refractivity contribution is 5.67. The van der Waals surface area contributed by atoms with E-state index in [0.717, 1.165) is 19.3 Å². The molecule has 6 aliphatic rings. The second-order valence-corrected chi connectivity index (χ2v) is 8.81. The number of aliphatic hydroxyl groups is 2. The number of anilines is 1. The molecule has 4 saturated heterocycles. The molecule has 4 heteroatoms. The lowest BCUT2D eigenvalue weighted by atomic mass is 9.62. The first kappa shape index (κ1) is 14.1. The molecule has 1 aromatic carbocycles. The molecule has 0 amide bonds. The number of benzene rings is 1. The maximum Gasteiger partial charge on any atom is 0.111 e.